The molecule has 0 bridgehead atoms. The van der Waals surface area contributed by atoms with Gasteiger partial charge in [-0.1, -0.05) is 11.6 Å². The maximum Gasteiger partial charge on any atom is 0.392 e. The van der Waals surface area contributed by atoms with Crippen LogP contribution >= 0.6 is 11.6 Å². The van der Waals surface area contributed by atoms with Gasteiger partial charge in [0.2, 0.25) is 0 Å². The zero-order valence-electron chi connectivity index (χ0n) is 12.8. The Hall–Kier alpha value is -1.74. The lowest BCUT2D eigenvalue weighted by Gasteiger charge is -2.22. The summed E-state index contributed by atoms with van der Waals surface area (Å²) in [6.45, 7) is 0. The molecule has 6 nitrogen and oxygen atoms in total. The fourth-order valence-corrected chi connectivity index (χ4v) is 2.93. The molecule has 1 saturated carbocycles. The second kappa shape index (κ2) is 6.29. The molecule has 0 aromatic carbocycles. The van der Waals surface area contributed by atoms with Gasteiger partial charge in [-0.25, -0.2) is 9.98 Å². The smallest absolute Gasteiger partial charge is 0.392 e. The van der Waals surface area contributed by atoms with E-state index < -0.39 is 30.2 Å². The molecular weight excluding hydrogens is 349 g/mol. The molecule has 4 atom stereocenters. The third kappa shape index (κ3) is 3.23. The Kier molecular flexibility index (Phi) is 4.48. The SMILES string of the molecule is COC1=NC(OC)C(c2cc(C3CC3C(F)(F)F)c(Cl)nn2)C=N1. The van der Waals surface area contributed by atoms with Crippen molar-refractivity contribution in [2.24, 2.45) is 15.9 Å². The van der Waals surface area contributed by atoms with E-state index in [0.29, 0.717) is 11.3 Å². The molecule has 0 N–H and O–H groups in total. The van der Waals surface area contributed by atoms with Crippen LogP contribution in [0, 0.1) is 5.92 Å². The predicted octanol–water partition coefficient (Wildman–Crippen LogP) is 2.94. The number of aromatic nitrogens is 2. The second-order valence-electron chi connectivity index (χ2n) is 5.55. The van der Waals surface area contributed by atoms with Gasteiger partial charge in [-0.3, -0.25) is 0 Å². The average molecular weight is 363 g/mol. The summed E-state index contributed by atoms with van der Waals surface area (Å²) < 4.78 is 48.6. The number of rotatable bonds is 3. The summed E-state index contributed by atoms with van der Waals surface area (Å²) in [7, 11) is 2.88. The van der Waals surface area contributed by atoms with Crippen molar-refractivity contribution >= 4 is 23.8 Å². The first-order valence-electron chi connectivity index (χ1n) is 7.13. The maximum atomic E-state index is 12.8. The summed E-state index contributed by atoms with van der Waals surface area (Å²) in [5.41, 5.74) is 0.741. The van der Waals surface area contributed by atoms with Gasteiger partial charge in [-0.05, 0) is 24.0 Å². The van der Waals surface area contributed by atoms with Crippen molar-refractivity contribution in [3.8, 4) is 0 Å². The summed E-state index contributed by atoms with van der Waals surface area (Å²) in [6.07, 6.45) is -3.36. The van der Waals surface area contributed by atoms with E-state index >= 15 is 0 Å². The number of aliphatic imine (C=N–C) groups is 2. The monoisotopic (exact) mass is 362 g/mol. The number of ether oxygens (including phenoxy) is 2. The van der Waals surface area contributed by atoms with Crippen molar-refractivity contribution < 1.29 is 22.6 Å². The highest BCUT2D eigenvalue weighted by Crippen LogP contribution is 2.57. The average Bonchev–Trinajstić information content (AvgIpc) is 3.35. The Morgan fingerprint density at radius 2 is 2.00 bits per heavy atom. The minimum absolute atomic E-state index is 0.00674. The van der Waals surface area contributed by atoms with E-state index in [1.54, 1.807) is 0 Å². The third-order valence-electron chi connectivity index (χ3n) is 4.06. The van der Waals surface area contributed by atoms with Crippen LogP contribution in [0.2, 0.25) is 5.15 Å². The lowest BCUT2D eigenvalue weighted by Crippen LogP contribution is -2.27. The summed E-state index contributed by atoms with van der Waals surface area (Å²) in [5, 5.41) is 7.74. The minimum atomic E-state index is -4.24. The highest BCUT2D eigenvalue weighted by molar-refractivity contribution is 6.30. The molecule has 4 unspecified atom stereocenters. The van der Waals surface area contributed by atoms with Crippen LogP contribution in [-0.2, 0) is 9.47 Å². The van der Waals surface area contributed by atoms with Crippen molar-refractivity contribution in [2.75, 3.05) is 14.2 Å². The van der Waals surface area contributed by atoms with E-state index in [0.717, 1.165) is 0 Å². The quantitative estimate of drug-likeness (QED) is 0.829. The summed E-state index contributed by atoms with van der Waals surface area (Å²) in [6, 6.07) is 1.68. The van der Waals surface area contributed by atoms with Gasteiger partial charge in [0.15, 0.2) is 11.4 Å². The summed E-state index contributed by atoms with van der Waals surface area (Å²) >= 11 is 5.95. The number of hydrogen-bond donors (Lipinski definition) is 0. The number of nitrogens with zero attached hydrogens (tertiary/aromatic N) is 4. The first-order valence-corrected chi connectivity index (χ1v) is 7.51. The van der Waals surface area contributed by atoms with Crippen LogP contribution in [0.1, 0.15) is 29.5 Å². The largest absolute Gasteiger partial charge is 0.467 e. The first kappa shape index (κ1) is 17.1. The van der Waals surface area contributed by atoms with Crippen LogP contribution in [0.15, 0.2) is 16.1 Å². The molecule has 1 aliphatic carbocycles. The lowest BCUT2D eigenvalue weighted by atomic mass is 10.0. The number of halogens is 4. The number of alkyl halides is 3. The van der Waals surface area contributed by atoms with E-state index in [1.165, 1.54) is 26.5 Å². The minimum Gasteiger partial charge on any atom is -0.467 e. The molecule has 130 valence electrons. The van der Waals surface area contributed by atoms with Crippen LogP contribution in [0.4, 0.5) is 13.2 Å². The van der Waals surface area contributed by atoms with E-state index in [1.807, 2.05) is 0 Å². The molecule has 1 fully saturated rings. The van der Waals surface area contributed by atoms with Gasteiger partial charge in [0.25, 0.3) is 0 Å². The Morgan fingerprint density at radius 1 is 1.25 bits per heavy atom. The fraction of sp³-hybridized carbons (Fsp3) is 0.571. The first-order chi connectivity index (χ1) is 11.3. The van der Waals surface area contributed by atoms with Crippen molar-refractivity contribution in [3.05, 3.63) is 22.5 Å². The molecule has 1 aliphatic heterocycles. The third-order valence-corrected chi connectivity index (χ3v) is 4.36. The van der Waals surface area contributed by atoms with Crippen molar-refractivity contribution in [1.82, 2.24) is 10.2 Å². The van der Waals surface area contributed by atoms with Crippen molar-refractivity contribution in [1.29, 1.82) is 0 Å². The Morgan fingerprint density at radius 3 is 2.58 bits per heavy atom. The topological polar surface area (TPSA) is 69.0 Å². The van der Waals surface area contributed by atoms with Crippen LogP contribution in [0.3, 0.4) is 0 Å². The Labute approximate surface area is 140 Å². The number of methoxy groups -OCH3 is 2. The molecule has 2 aliphatic rings. The van der Waals surface area contributed by atoms with Gasteiger partial charge in [-0.2, -0.15) is 18.3 Å². The second-order valence-corrected chi connectivity index (χ2v) is 5.91. The number of amidine groups is 1. The van der Waals surface area contributed by atoms with Crippen LogP contribution in [0.25, 0.3) is 0 Å². The van der Waals surface area contributed by atoms with Gasteiger partial charge in [0, 0.05) is 13.3 Å². The molecule has 1 aromatic heterocycles. The van der Waals surface area contributed by atoms with Crippen molar-refractivity contribution in [2.45, 2.75) is 30.7 Å². The predicted molar refractivity (Wildman–Crippen MR) is 80.4 cm³/mol. The van der Waals surface area contributed by atoms with Crippen LogP contribution < -0.4 is 0 Å². The zero-order chi connectivity index (χ0) is 17.5. The molecule has 0 saturated heterocycles. The van der Waals surface area contributed by atoms with E-state index in [2.05, 4.69) is 20.2 Å². The molecular formula is C14H14ClF3N4O2. The van der Waals surface area contributed by atoms with Gasteiger partial charge in [0.05, 0.1) is 24.6 Å². The van der Waals surface area contributed by atoms with Crippen molar-refractivity contribution in [3.63, 3.8) is 0 Å². The zero-order valence-corrected chi connectivity index (χ0v) is 13.5. The normalized spacial score (nSPS) is 29.3. The summed E-state index contributed by atoms with van der Waals surface area (Å²) in [4.78, 5) is 8.15. The van der Waals surface area contributed by atoms with Gasteiger partial charge in [0.1, 0.15) is 0 Å². The van der Waals surface area contributed by atoms with E-state index in [-0.39, 0.29) is 17.6 Å². The van der Waals surface area contributed by atoms with Crippen LogP contribution in [0.5, 0.6) is 0 Å². The highest BCUT2D eigenvalue weighted by Gasteiger charge is 2.57. The fourth-order valence-electron chi connectivity index (χ4n) is 2.70. The van der Waals surface area contributed by atoms with Crippen LogP contribution in [-0.4, -0.2) is 49.1 Å². The molecule has 0 amide bonds. The van der Waals surface area contributed by atoms with E-state index in [4.69, 9.17) is 21.1 Å². The lowest BCUT2D eigenvalue weighted by molar-refractivity contribution is -0.148. The standard InChI is InChI=1S/C14H14ClF3N4O2/c1-23-12-8(5-19-13(20-12)24-2)10-4-7(11(15)22-21-10)6-3-9(6)14(16,17)18/h4-6,8-9,12H,3H2,1-2H3. The number of hydrogen-bond acceptors (Lipinski definition) is 6. The van der Waals surface area contributed by atoms with Gasteiger partial charge in [-0.15, -0.1) is 5.10 Å². The molecule has 24 heavy (non-hydrogen) atoms. The summed E-state index contributed by atoms with van der Waals surface area (Å²) in [5.74, 6) is -2.56. The molecule has 0 spiro atoms. The van der Waals surface area contributed by atoms with E-state index in [9.17, 15) is 13.2 Å². The Balaban J connectivity index is 1.87. The van der Waals surface area contributed by atoms with Gasteiger partial charge < -0.3 is 9.47 Å². The molecule has 3 rings (SSSR count). The molecule has 1 aromatic rings. The molecule has 0 radical (unpaired) electrons. The highest BCUT2D eigenvalue weighted by atomic mass is 35.5. The Bertz CT molecular complexity index is 695. The van der Waals surface area contributed by atoms with Gasteiger partial charge >= 0.3 is 12.2 Å². The molecule has 2 heterocycles. The maximum absolute atomic E-state index is 12.8. The molecule has 10 heteroatoms.